The summed E-state index contributed by atoms with van der Waals surface area (Å²) in [5.74, 6) is -3.16. The highest BCUT2D eigenvalue weighted by Crippen LogP contribution is 2.42. The van der Waals surface area contributed by atoms with Crippen molar-refractivity contribution in [3.63, 3.8) is 0 Å². The van der Waals surface area contributed by atoms with E-state index in [1.54, 1.807) is 23.3 Å². The van der Waals surface area contributed by atoms with E-state index >= 15 is 4.39 Å². The van der Waals surface area contributed by atoms with Crippen LogP contribution in [0.5, 0.6) is 0 Å². The molecule has 42 heavy (non-hydrogen) atoms. The Hall–Kier alpha value is -2.11. The van der Waals surface area contributed by atoms with Crippen LogP contribution >= 0.6 is 0 Å². The average molecular weight is 611 g/mol. The van der Waals surface area contributed by atoms with Crippen molar-refractivity contribution in [2.75, 3.05) is 40.0 Å². The lowest BCUT2D eigenvalue weighted by Crippen LogP contribution is -2.50. The van der Waals surface area contributed by atoms with E-state index in [-0.39, 0.29) is 47.3 Å². The van der Waals surface area contributed by atoms with Crippen LogP contribution in [-0.2, 0) is 19.6 Å². The fourth-order valence-corrected chi connectivity index (χ4v) is 8.63. The van der Waals surface area contributed by atoms with E-state index in [4.69, 9.17) is 0 Å². The van der Waals surface area contributed by atoms with Crippen molar-refractivity contribution in [2.45, 2.75) is 96.3 Å². The molecule has 236 valence electrons. The summed E-state index contributed by atoms with van der Waals surface area (Å²) in [7, 11) is -0.380. The molecule has 0 spiro atoms. The lowest BCUT2D eigenvalue weighted by molar-refractivity contribution is -0.144. The number of amides is 2. The summed E-state index contributed by atoms with van der Waals surface area (Å²) in [5.41, 5.74) is 0.112. The number of sulfonamides is 1. The van der Waals surface area contributed by atoms with Crippen LogP contribution in [0.1, 0.15) is 78.2 Å². The maximum atomic E-state index is 15.1. The van der Waals surface area contributed by atoms with Gasteiger partial charge in [0.15, 0.2) is 0 Å². The molecular weight excluding hydrogens is 562 g/mol. The normalized spacial score (nSPS) is 27.5. The summed E-state index contributed by atoms with van der Waals surface area (Å²) in [6, 6.07) is 1.91. The monoisotopic (exact) mass is 610 g/mol. The molecular formula is C31H48F2N4O4S. The molecule has 1 saturated carbocycles. The Morgan fingerprint density at radius 1 is 1.00 bits per heavy atom. The summed E-state index contributed by atoms with van der Waals surface area (Å²) in [4.78, 5) is 33.0. The number of carbonyl (C=O) groups is 2. The minimum Gasteiger partial charge on any atom is -0.347 e. The summed E-state index contributed by atoms with van der Waals surface area (Å²) >= 11 is 0. The van der Waals surface area contributed by atoms with Gasteiger partial charge in [0.2, 0.25) is 21.8 Å². The number of halogens is 2. The van der Waals surface area contributed by atoms with Crippen LogP contribution in [0.15, 0.2) is 18.2 Å². The third-order valence-corrected chi connectivity index (χ3v) is 11.0. The first kappa shape index (κ1) is 32.8. The molecule has 1 aliphatic carbocycles. The number of carbonyl (C=O) groups excluding carboxylic acids is 2. The van der Waals surface area contributed by atoms with Gasteiger partial charge in [-0.3, -0.25) is 14.5 Å². The second kappa shape index (κ2) is 11.8. The molecule has 1 aromatic rings. The number of nitrogens with zero attached hydrogens (tertiary/aromatic N) is 4. The lowest BCUT2D eigenvalue weighted by atomic mass is 9.75. The maximum absolute atomic E-state index is 15.1. The van der Waals surface area contributed by atoms with Crippen molar-refractivity contribution in [1.82, 2.24) is 19.0 Å². The van der Waals surface area contributed by atoms with E-state index in [2.05, 4.69) is 18.7 Å². The van der Waals surface area contributed by atoms with Crippen LogP contribution in [0.25, 0.3) is 0 Å². The molecule has 1 aromatic carbocycles. The number of rotatable bonds is 6. The fourth-order valence-electron chi connectivity index (χ4n) is 7.18. The molecule has 11 heteroatoms. The topological polar surface area (TPSA) is 81.2 Å². The molecule has 3 aliphatic rings. The molecule has 0 N–H and O–H groups in total. The predicted octanol–water partition coefficient (Wildman–Crippen LogP) is 4.07. The number of likely N-dealkylation sites (tertiary alicyclic amines) is 2. The predicted molar refractivity (Wildman–Crippen MR) is 159 cm³/mol. The summed E-state index contributed by atoms with van der Waals surface area (Å²) in [6.07, 6.45) is 4.67. The van der Waals surface area contributed by atoms with Gasteiger partial charge in [-0.1, -0.05) is 19.9 Å². The molecule has 2 amide bonds. The van der Waals surface area contributed by atoms with Crippen molar-refractivity contribution >= 4 is 21.8 Å². The van der Waals surface area contributed by atoms with Gasteiger partial charge in [0.25, 0.3) is 0 Å². The largest absolute Gasteiger partial charge is 0.347 e. The molecule has 8 nitrogen and oxygen atoms in total. The van der Waals surface area contributed by atoms with Crippen LogP contribution in [0.2, 0.25) is 0 Å². The smallest absolute Gasteiger partial charge is 0.244 e. The molecule has 2 saturated heterocycles. The molecule has 0 radical (unpaired) electrons. The summed E-state index contributed by atoms with van der Waals surface area (Å²) in [6.45, 7) is 11.3. The van der Waals surface area contributed by atoms with Gasteiger partial charge in [-0.2, -0.15) is 4.31 Å². The Bertz CT molecular complexity index is 1290. The van der Waals surface area contributed by atoms with Crippen LogP contribution in [0.3, 0.4) is 0 Å². The molecule has 4 rings (SSSR count). The van der Waals surface area contributed by atoms with Gasteiger partial charge in [0.05, 0.1) is 12.2 Å². The quantitative estimate of drug-likeness (QED) is 0.485. The van der Waals surface area contributed by atoms with E-state index in [1.807, 2.05) is 20.8 Å². The number of hydrogen-bond donors (Lipinski definition) is 0. The van der Waals surface area contributed by atoms with Gasteiger partial charge in [-0.25, -0.2) is 17.2 Å². The first-order chi connectivity index (χ1) is 19.3. The molecule has 2 heterocycles. The first-order valence-corrected chi connectivity index (χ1v) is 16.8. The second-order valence-electron chi connectivity index (χ2n) is 14.6. The first-order valence-electron chi connectivity index (χ1n) is 15.0. The van der Waals surface area contributed by atoms with Crippen molar-refractivity contribution in [1.29, 1.82) is 0 Å². The molecule has 3 fully saturated rings. The Balaban J connectivity index is 1.69. The fraction of sp³-hybridized carbons (Fsp3) is 0.742. The van der Waals surface area contributed by atoms with Gasteiger partial charge in [0.1, 0.15) is 17.7 Å². The van der Waals surface area contributed by atoms with Gasteiger partial charge < -0.3 is 9.80 Å². The minimum absolute atomic E-state index is 0.0979. The second-order valence-corrected chi connectivity index (χ2v) is 16.5. The van der Waals surface area contributed by atoms with Crippen LogP contribution in [0, 0.1) is 23.0 Å². The van der Waals surface area contributed by atoms with E-state index < -0.39 is 45.6 Å². The van der Waals surface area contributed by atoms with Crippen molar-refractivity contribution < 1.29 is 26.8 Å². The van der Waals surface area contributed by atoms with Crippen molar-refractivity contribution in [3.05, 3.63) is 35.4 Å². The summed E-state index contributed by atoms with van der Waals surface area (Å²) < 4.78 is 56.9. The third-order valence-electron chi connectivity index (χ3n) is 9.65. The van der Waals surface area contributed by atoms with Gasteiger partial charge in [-0.05, 0) is 69.9 Å². The van der Waals surface area contributed by atoms with E-state index in [1.165, 1.54) is 23.3 Å². The molecule has 2 aliphatic heterocycles. The van der Waals surface area contributed by atoms with Crippen LogP contribution < -0.4 is 0 Å². The Kier molecular flexibility index (Phi) is 9.19. The van der Waals surface area contributed by atoms with Gasteiger partial charge in [-0.15, -0.1) is 0 Å². The zero-order valence-corrected chi connectivity index (χ0v) is 27.2. The number of likely N-dealkylation sites (N-methyl/N-ethyl adjacent to an activating group) is 1. The molecule has 0 bridgehead atoms. The minimum atomic E-state index is -3.64. The SMILES string of the molecule is CN(C)C(=O)[C@@H]1C[C@H](N(C2CCC(C)(C)CC2)S(C)(=O)=O)CN1C(=O)[C@@H]1CN(C(C)(C)C)C[C@H]1c1ccc(F)cc1F. The molecule has 4 atom stereocenters. The van der Waals surface area contributed by atoms with Crippen LogP contribution in [0.4, 0.5) is 8.78 Å². The van der Waals surface area contributed by atoms with E-state index in [9.17, 15) is 22.4 Å². The number of hydrogen-bond acceptors (Lipinski definition) is 5. The van der Waals surface area contributed by atoms with E-state index in [0.717, 1.165) is 31.7 Å². The highest BCUT2D eigenvalue weighted by atomic mass is 32.2. The Morgan fingerprint density at radius 3 is 2.14 bits per heavy atom. The van der Waals surface area contributed by atoms with Crippen LogP contribution in [-0.4, -0.2) is 103 Å². The summed E-state index contributed by atoms with van der Waals surface area (Å²) in [5, 5.41) is 0. The maximum Gasteiger partial charge on any atom is 0.244 e. The molecule has 0 unspecified atom stereocenters. The number of benzene rings is 1. The highest BCUT2D eigenvalue weighted by molar-refractivity contribution is 7.88. The zero-order valence-electron chi connectivity index (χ0n) is 26.4. The Morgan fingerprint density at radius 2 is 1.62 bits per heavy atom. The Labute approximate surface area is 250 Å². The third kappa shape index (κ3) is 6.83. The van der Waals surface area contributed by atoms with Gasteiger partial charge >= 0.3 is 0 Å². The highest BCUT2D eigenvalue weighted by Gasteiger charge is 2.51. The lowest BCUT2D eigenvalue weighted by Gasteiger charge is -2.41. The van der Waals surface area contributed by atoms with Crippen molar-refractivity contribution in [2.24, 2.45) is 11.3 Å². The molecule has 0 aromatic heterocycles. The zero-order chi connectivity index (χ0) is 31.4. The standard InChI is InChI=1S/C31H48F2N4O4S/c1-30(2,3)35-18-24(23-10-9-20(32)15-26(23)33)25(19-35)28(38)36-17-22(16-27(36)29(39)34(6)7)37(42(8,40)41)21-11-13-31(4,5)14-12-21/h9-10,15,21-22,24-25,27H,11-14,16-19H2,1-8H3/t22-,24-,25+,27-/m0/s1. The van der Waals surface area contributed by atoms with Crippen molar-refractivity contribution in [3.8, 4) is 0 Å². The van der Waals surface area contributed by atoms with Gasteiger partial charge in [0, 0.05) is 63.3 Å². The average Bonchev–Trinajstić information content (AvgIpc) is 3.49. The van der Waals surface area contributed by atoms with E-state index in [0.29, 0.717) is 13.1 Å².